The van der Waals surface area contributed by atoms with Gasteiger partial charge in [0.25, 0.3) is 5.91 Å². The molecule has 1 aromatic heterocycles. The normalized spacial score (nSPS) is 11.7. The molecule has 0 spiro atoms. The number of halogens is 1. The predicted octanol–water partition coefficient (Wildman–Crippen LogP) is 3.81. The molecule has 0 aliphatic heterocycles. The summed E-state index contributed by atoms with van der Waals surface area (Å²) in [5, 5.41) is 6.90. The Labute approximate surface area is 161 Å². The van der Waals surface area contributed by atoms with Crippen LogP contribution in [0, 0.1) is 19.7 Å². The maximum atomic E-state index is 13.2. The fourth-order valence-electron chi connectivity index (χ4n) is 2.72. The highest BCUT2D eigenvalue weighted by atomic mass is 19.1. The molecule has 0 saturated heterocycles. The van der Waals surface area contributed by atoms with Crippen LogP contribution in [0.4, 0.5) is 10.1 Å². The number of rotatable bonds is 5. The van der Waals surface area contributed by atoms with Crippen LogP contribution in [0.1, 0.15) is 28.7 Å². The second-order valence-electron chi connectivity index (χ2n) is 6.43. The molecule has 1 unspecified atom stereocenters. The number of carbonyl (C=O) groups is 2. The van der Waals surface area contributed by atoms with Gasteiger partial charge in [-0.2, -0.15) is 5.10 Å². The zero-order chi connectivity index (χ0) is 20.3. The average molecular weight is 381 g/mol. The Morgan fingerprint density at radius 1 is 1.11 bits per heavy atom. The second kappa shape index (κ2) is 8.04. The summed E-state index contributed by atoms with van der Waals surface area (Å²) in [5.41, 5.74) is 3.31. The zero-order valence-electron chi connectivity index (χ0n) is 15.8. The summed E-state index contributed by atoms with van der Waals surface area (Å²) in [6.45, 7) is 5.31. The monoisotopic (exact) mass is 381 g/mol. The first kappa shape index (κ1) is 19.3. The number of hydrogen-bond acceptors (Lipinski definition) is 4. The summed E-state index contributed by atoms with van der Waals surface area (Å²) in [6, 6.07) is 14.2. The van der Waals surface area contributed by atoms with Crippen LogP contribution in [0.3, 0.4) is 0 Å². The topological polar surface area (TPSA) is 73.2 Å². The molecule has 0 aliphatic carbocycles. The van der Waals surface area contributed by atoms with E-state index in [1.54, 1.807) is 35.0 Å². The van der Waals surface area contributed by atoms with Gasteiger partial charge in [-0.05, 0) is 69.3 Å². The molecule has 2 aromatic carbocycles. The summed E-state index contributed by atoms with van der Waals surface area (Å²) >= 11 is 0. The van der Waals surface area contributed by atoms with E-state index in [-0.39, 0.29) is 0 Å². The number of amides is 1. The first-order valence-corrected chi connectivity index (χ1v) is 8.74. The lowest BCUT2D eigenvalue weighted by atomic mass is 10.2. The molecular formula is C21H20FN3O3. The third kappa shape index (κ3) is 4.43. The highest BCUT2D eigenvalue weighted by Crippen LogP contribution is 2.15. The van der Waals surface area contributed by atoms with Gasteiger partial charge in [0, 0.05) is 11.4 Å². The second-order valence-corrected chi connectivity index (χ2v) is 6.43. The van der Waals surface area contributed by atoms with Gasteiger partial charge in [-0.25, -0.2) is 13.9 Å². The van der Waals surface area contributed by atoms with Crippen LogP contribution in [0.2, 0.25) is 0 Å². The molecule has 144 valence electrons. The van der Waals surface area contributed by atoms with E-state index in [2.05, 4.69) is 10.4 Å². The molecule has 1 heterocycles. The smallest absolute Gasteiger partial charge is 0.338 e. The van der Waals surface area contributed by atoms with Crippen molar-refractivity contribution in [2.45, 2.75) is 26.9 Å². The van der Waals surface area contributed by atoms with Crippen molar-refractivity contribution >= 4 is 17.6 Å². The molecule has 7 heteroatoms. The standard InChI is InChI=1S/C21H20FN3O3/c1-13-11-14(2)25(24-13)19-9-7-16(8-10-19)21(27)28-15(3)20(26)23-18-6-4-5-17(22)12-18/h4-12,15H,1-3H3,(H,23,26). The van der Waals surface area contributed by atoms with Crippen molar-refractivity contribution in [3.8, 4) is 5.69 Å². The maximum absolute atomic E-state index is 13.2. The lowest BCUT2D eigenvalue weighted by Gasteiger charge is -2.14. The number of carbonyl (C=O) groups excluding carboxylic acids is 2. The van der Waals surface area contributed by atoms with E-state index < -0.39 is 23.8 Å². The van der Waals surface area contributed by atoms with Gasteiger partial charge >= 0.3 is 5.97 Å². The molecule has 0 fully saturated rings. The summed E-state index contributed by atoms with van der Waals surface area (Å²) in [7, 11) is 0. The predicted molar refractivity (Wildman–Crippen MR) is 103 cm³/mol. The van der Waals surface area contributed by atoms with E-state index in [1.165, 1.54) is 25.1 Å². The molecule has 0 radical (unpaired) electrons. The van der Waals surface area contributed by atoms with Crippen LogP contribution in [0.5, 0.6) is 0 Å². The van der Waals surface area contributed by atoms with Crippen LogP contribution in [0.25, 0.3) is 5.69 Å². The molecule has 1 atom stereocenters. The van der Waals surface area contributed by atoms with Crippen LogP contribution < -0.4 is 5.32 Å². The van der Waals surface area contributed by atoms with E-state index in [9.17, 15) is 14.0 Å². The average Bonchev–Trinajstić information content (AvgIpc) is 3.00. The Morgan fingerprint density at radius 3 is 2.43 bits per heavy atom. The third-order valence-electron chi connectivity index (χ3n) is 4.10. The lowest BCUT2D eigenvalue weighted by molar-refractivity contribution is -0.123. The molecule has 1 N–H and O–H groups in total. The Kier molecular flexibility index (Phi) is 5.54. The number of benzene rings is 2. The molecule has 6 nitrogen and oxygen atoms in total. The van der Waals surface area contributed by atoms with Crippen molar-refractivity contribution in [2.75, 3.05) is 5.32 Å². The number of nitrogens with zero attached hydrogens (tertiary/aromatic N) is 2. The summed E-state index contributed by atoms with van der Waals surface area (Å²) in [6.07, 6.45) is -1.04. The lowest BCUT2D eigenvalue weighted by Crippen LogP contribution is -2.30. The van der Waals surface area contributed by atoms with E-state index in [1.807, 2.05) is 19.9 Å². The number of ether oxygens (including phenoxy) is 1. The summed E-state index contributed by atoms with van der Waals surface area (Å²) in [5.74, 6) is -1.63. The minimum Gasteiger partial charge on any atom is -0.449 e. The Hall–Kier alpha value is -3.48. The molecule has 0 bridgehead atoms. The molecule has 3 rings (SSSR count). The Balaban J connectivity index is 1.63. The Morgan fingerprint density at radius 2 is 1.82 bits per heavy atom. The van der Waals surface area contributed by atoms with E-state index in [4.69, 9.17) is 4.74 Å². The number of anilines is 1. The quantitative estimate of drug-likeness (QED) is 0.682. The number of esters is 1. The minimum absolute atomic E-state index is 0.294. The molecule has 3 aromatic rings. The molecular weight excluding hydrogens is 361 g/mol. The van der Waals surface area contributed by atoms with Gasteiger partial charge in [-0.3, -0.25) is 4.79 Å². The van der Waals surface area contributed by atoms with Crippen molar-refractivity contribution < 1.29 is 18.7 Å². The highest BCUT2D eigenvalue weighted by molar-refractivity contribution is 5.97. The zero-order valence-corrected chi connectivity index (χ0v) is 15.8. The first-order chi connectivity index (χ1) is 13.3. The summed E-state index contributed by atoms with van der Waals surface area (Å²) < 4.78 is 20.2. The molecule has 28 heavy (non-hydrogen) atoms. The summed E-state index contributed by atoms with van der Waals surface area (Å²) in [4.78, 5) is 24.4. The SMILES string of the molecule is Cc1cc(C)n(-c2ccc(C(=O)OC(C)C(=O)Nc3cccc(F)c3)cc2)n1. The van der Waals surface area contributed by atoms with Gasteiger partial charge in [0.05, 0.1) is 16.9 Å². The van der Waals surface area contributed by atoms with E-state index >= 15 is 0 Å². The molecule has 0 saturated carbocycles. The number of aryl methyl sites for hydroxylation is 2. The van der Waals surface area contributed by atoms with E-state index in [0.717, 1.165) is 17.1 Å². The largest absolute Gasteiger partial charge is 0.449 e. The van der Waals surface area contributed by atoms with Crippen molar-refractivity contribution in [1.29, 1.82) is 0 Å². The number of nitrogens with one attached hydrogen (secondary N) is 1. The van der Waals surface area contributed by atoms with Crippen molar-refractivity contribution in [2.24, 2.45) is 0 Å². The van der Waals surface area contributed by atoms with Crippen LogP contribution in [0.15, 0.2) is 54.6 Å². The van der Waals surface area contributed by atoms with Gasteiger partial charge in [0.15, 0.2) is 6.10 Å². The number of aromatic nitrogens is 2. The van der Waals surface area contributed by atoms with E-state index in [0.29, 0.717) is 11.3 Å². The molecule has 0 aliphatic rings. The third-order valence-corrected chi connectivity index (χ3v) is 4.10. The van der Waals surface area contributed by atoms with Crippen LogP contribution in [-0.2, 0) is 9.53 Å². The van der Waals surface area contributed by atoms with Gasteiger partial charge < -0.3 is 10.1 Å². The fourth-order valence-corrected chi connectivity index (χ4v) is 2.72. The van der Waals surface area contributed by atoms with Crippen LogP contribution >= 0.6 is 0 Å². The fraction of sp³-hybridized carbons (Fsp3) is 0.190. The maximum Gasteiger partial charge on any atom is 0.338 e. The highest BCUT2D eigenvalue weighted by Gasteiger charge is 2.19. The van der Waals surface area contributed by atoms with Gasteiger partial charge in [0.2, 0.25) is 0 Å². The van der Waals surface area contributed by atoms with Crippen LogP contribution in [-0.4, -0.2) is 27.8 Å². The molecule has 1 amide bonds. The van der Waals surface area contributed by atoms with Gasteiger partial charge in [-0.15, -0.1) is 0 Å². The number of hydrogen-bond donors (Lipinski definition) is 1. The minimum atomic E-state index is -1.04. The van der Waals surface area contributed by atoms with Crippen molar-refractivity contribution in [1.82, 2.24) is 9.78 Å². The Bertz CT molecular complexity index is 1010. The van der Waals surface area contributed by atoms with Crippen molar-refractivity contribution in [3.05, 3.63) is 77.4 Å². The van der Waals surface area contributed by atoms with Crippen molar-refractivity contribution in [3.63, 3.8) is 0 Å². The van der Waals surface area contributed by atoms with Gasteiger partial charge in [0.1, 0.15) is 5.82 Å². The van der Waals surface area contributed by atoms with Gasteiger partial charge in [-0.1, -0.05) is 6.07 Å². The first-order valence-electron chi connectivity index (χ1n) is 8.74.